The zero-order chi connectivity index (χ0) is 11.2. The maximum Gasteiger partial charge on any atom is 0.420 e. The van der Waals surface area contributed by atoms with E-state index in [9.17, 15) is 17.6 Å². The number of alkyl halides is 3. The van der Waals surface area contributed by atoms with E-state index < -0.39 is 17.6 Å². The van der Waals surface area contributed by atoms with Crippen molar-refractivity contribution in [2.24, 2.45) is 0 Å². The Hall–Kier alpha value is -0.810. The molecule has 1 aromatic heterocycles. The Labute approximate surface area is 91.1 Å². The Morgan fingerprint density at radius 2 is 1.87 bits per heavy atom. The molecule has 0 N–H and O–H groups in total. The molecule has 1 heterocycles. The third-order valence-corrected chi connectivity index (χ3v) is 3.38. The fourth-order valence-electron chi connectivity index (χ4n) is 1.31. The van der Waals surface area contributed by atoms with Gasteiger partial charge in [-0.25, -0.2) is 4.39 Å². The smallest absolute Gasteiger partial charge is 0.206 e. The summed E-state index contributed by atoms with van der Waals surface area (Å²) in [4.78, 5) is 0. The first-order chi connectivity index (χ1) is 6.91. The first kappa shape index (κ1) is 10.7. The van der Waals surface area contributed by atoms with Gasteiger partial charge in [0.15, 0.2) is 0 Å². The van der Waals surface area contributed by atoms with Gasteiger partial charge in [0.1, 0.15) is 11.4 Å². The van der Waals surface area contributed by atoms with Gasteiger partial charge in [-0.15, -0.1) is 11.3 Å². The van der Waals surface area contributed by atoms with Gasteiger partial charge in [0.2, 0.25) is 0 Å². The summed E-state index contributed by atoms with van der Waals surface area (Å²) in [6.45, 7) is 0. The van der Waals surface area contributed by atoms with E-state index in [4.69, 9.17) is 11.6 Å². The highest BCUT2D eigenvalue weighted by molar-refractivity contribution is 7.18. The van der Waals surface area contributed by atoms with E-state index in [1.807, 2.05) is 0 Å². The molecule has 6 heteroatoms. The number of hydrogen-bond donors (Lipinski definition) is 0. The van der Waals surface area contributed by atoms with E-state index in [2.05, 4.69) is 0 Å². The quantitative estimate of drug-likeness (QED) is 0.597. The lowest BCUT2D eigenvalue weighted by Crippen LogP contribution is -2.07. The summed E-state index contributed by atoms with van der Waals surface area (Å²) in [5, 5.41) is 1.80. The second-order valence-corrected chi connectivity index (χ2v) is 4.17. The molecule has 0 nitrogen and oxygen atoms in total. The second-order valence-electron chi connectivity index (χ2n) is 2.88. The van der Waals surface area contributed by atoms with Gasteiger partial charge in [0.25, 0.3) is 0 Å². The first-order valence-corrected chi connectivity index (χ1v) is 5.09. The molecule has 2 rings (SSSR count). The predicted molar refractivity (Wildman–Crippen MR) is 51.8 cm³/mol. The molecule has 0 aliphatic heterocycles. The standard InChI is InChI=1S/C9H3ClF4S/c10-5-3-15-8-4(5)1-2-6(11)7(8)9(12,13)14/h1-3H. The van der Waals surface area contributed by atoms with Crippen LogP contribution in [0.25, 0.3) is 10.1 Å². The van der Waals surface area contributed by atoms with E-state index in [1.54, 1.807) is 0 Å². The van der Waals surface area contributed by atoms with Gasteiger partial charge in [-0.3, -0.25) is 0 Å². The highest BCUT2D eigenvalue weighted by atomic mass is 35.5. The van der Waals surface area contributed by atoms with Crippen molar-refractivity contribution in [2.45, 2.75) is 6.18 Å². The van der Waals surface area contributed by atoms with Crippen molar-refractivity contribution in [3.05, 3.63) is 33.9 Å². The maximum absolute atomic E-state index is 13.1. The SMILES string of the molecule is Fc1ccc2c(Cl)csc2c1C(F)(F)F. The third-order valence-electron chi connectivity index (χ3n) is 1.93. The van der Waals surface area contributed by atoms with Gasteiger partial charge in [-0.1, -0.05) is 11.6 Å². The summed E-state index contributed by atoms with van der Waals surface area (Å²) >= 11 is 6.46. The zero-order valence-electron chi connectivity index (χ0n) is 7.03. The van der Waals surface area contributed by atoms with Crippen molar-refractivity contribution in [3.8, 4) is 0 Å². The molecule has 0 aliphatic rings. The summed E-state index contributed by atoms with van der Waals surface area (Å²) in [6.07, 6.45) is -4.70. The number of benzene rings is 1. The minimum Gasteiger partial charge on any atom is -0.206 e. The van der Waals surface area contributed by atoms with Gasteiger partial charge in [0.05, 0.1) is 9.72 Å². The average Bonchev–Trinajstić information content (AvgIpc) is 2.45. The maximum atomic E-state index is 13.1. The predicted octanol–water partition coefficient (Wildman–Crippen LogP) is 4.71. The first-order valence-electron chi connectivity index (χ1n) is 3.83. The van der Waals surface area contributed by atoms with Crippen molar-refractivity contribution in [3.63, 3.8) is 0 Å². The van der Waals surface area contributed by atoms with Gasteiger partial charge in [-0.2, -0.15) is 13.2 Å². The van der Waals surface area contributed by atoms with E-state index in [-0.39, 0.29) is 15.1 Å². The van der Waals surface area contributed by atoms with Crippen LogP contribution in [-0.2, 0) is 6.18 Å². The Balaban J connectivity index is 2.87. The summed E-state index contributed by atoms with van der Waals surface area (Å²) in [5.74, 6) is -1.27. The van der Waals surface area contributed by atoms with E-state index >= 15 is 0 Å². The van der Waals surface area contributed by atoms with Crippen LogP contribution >= 0.6 is 22.9 Å². The van der Waals surface area contributed by atoms with Crippen LogP contribution in [0.4, 0.5) is 17.6 Å². The molecule has 0 bridgehead atoms. The summed E-state index contributed by atoms with van der Waals surface area (Å²) in [6, 6.07) is 2.03. The van der Waals surface area contributed by atoms with Crippen LogP contribution in [0.2, 0.25) is 5.02 Å². The molecular formula is C9H3ClF4S. The Morgan fingerprint density at radius 3 is 2.47 bits per heavy atom. The molecule has 80 valence electrons. The fourth-order valence-corrected chi connectivity index (χ4v) is 2.64. The fraction of sp³-hybridized carbons (Fsp3) is 0.111. The molecule has 0 spiro atoms. The summed E-state index contributed by atoms with van der Waals surface area (Å²) < 4.78 is 50.4. The lowest BCUT2D eigenvalue weighted by Gasteiger charge is -2.08. The molecule has 0 radical (unpaired) electrons. The molecule has 0 amide bonds. The average molecular weight is 255 g/mol. The Morgan fingerprint density at radius 1 is 1.20 bits per heavy atom. The number of fused-ring (bicyclic) bond motifs is 1. The minimum atomic E-state index is -4.70. The van der Waals surface area contributed by atoms with Crippen LogP contribution in [0, 0.1) is 5.82 Å². The molecule has 0 fully saturated rings. The van der Waals surface area contributed by atoms with Gasteiger partial charge in [-0.05, 0) is 12.1 Å². The van der Waals surface area contributed by atoms with E-state index in [0.29, 0.717) is 0 Å². The minimum absolute atomic E-state index is 0.160. The molecule has 0 aliphatic carbocycles. The Bertz CT molecular complexity index is 515. The molecular weight excluding hydrogens is 252 g/mol. The van der Waals surface area contributed by atoms with E-state index in [1.165, 1.54) is 11.4 Å². The normalized spacial score (nSPS) is 12.3. The topological polar surface area (TPSA) is 0 Å². The van der Waals surface area contributed by atoms with Gasteiger partial charge >= 0.3 is 6.18 Å². The lowest BCUT2D eigenvalue weighted by molar-refractivity contribution is -0.138. The number of halogens is 5. The van der Waals surface area contributed by atoms with Crippen LogP contribution in [-0.4, -0.2) is 0 Å². The van der Waals surface area contributed by atoms with E-state index in [0.717, 1.165) is 17.4 Å². The van der Waals surface area contributed by atoms with Crippen LogP contribution in [0.5, 0.6) is 0 Å². The van der Waals surface area contributed by atoms with Crippen molar-refractivity contribution in [1.29, 1.82) is 0 Å². The molecule has 0 atom stereocenters. The highest BCUT2D eigenvalue weighted by Crippen LogP contribution is 2.41. The van der Waals surface area contributed by atoms with Gasteiger partial charge < -0.3 is 0 Å². The third kappa shape index (κ3) is 1.70. The number of rotatable bonds is 0. The molecule has 15 heavy (non-hydrogen) atoms. The summed E-state index contributed by atoms with van der Waals surface area (Å²) in [5.41, 5.74) is -1.24. The Kier molecular flexibility index (Phi) is 2.39. The monoisotopic (exact) mass is 254 g/mol. The number of hydrogen-bond acceptors (Lipinski definition) is 1. The van der Waals surface area contributed by atoms with Crippen molar-refractivity contribution < 1.29 is 17.6 Å². The number of thiophene rings is 1. The molecule has 1 aromatic carbocycles. The molecule has 2 aromatic rings. The molecule has 0 unspecified atom stereocenters. The van der Waals surface area contributed by atoms with Crippen LogP contribution in [0.3, 0.4) is 0 Å². The van der Waals surface area contributed by atoms with Crippen LogP contribution in [0.15, 0.2) is 17.5 Å². The highest BCUT2D eigenvalue weighted by Gasteiger charge is 2.36. The van der Waals surface area contributed by atoms with Gasteiger partial charge in [0, 0.05) is 10.8 Å². The zero-order valence-corrected chi connectivity index (χ0v) is 8.60. The van der Waals surface area contributed by atoms with Crippen LogP contribution in [0.1, 0.15) is 5.56 Å². The van der Waals surface area contributed by atoms with Crippen LogP contribution < -0.4 is 0 Å². The largest absolute Gasteiger partial charge is 0.420 e. The van der Waals surface area contributed by atoms with Crippen molar-refractivity contribution in [2.75, 3.05) is 0 Å². The van der Waals surface area contributed by atoms with Crippen molar-refractivity contribution in [1.82, 2.24) is 0 Å². The molecule has 0 saturated heterocycles. The lowest BCUT2D eigenvalue weighted by atomic mass is 10.1. The summed E-state index contributed by atoms with van der Waals surface area (Å²) in [7, 11) is 0. The second kappa shape index (κ2) is 3.35. The van der Waals surface area contributed by atoms with Crippen molar-refractivity contribution >= 4 is 33.0 Å². The molecule has 0 saturated carbocycles.